The van der Waals surface area contributed by atoms with Crippen LogP contribution in [-0.4, -0.2) is 53.4 Å². The molecule has 1 aliphatic heterocycles. The van der Waals surface area contributed by atoms with E-state index in [4.69, 9.17) is 21.6 Å². The normalized spacial score (nSPS) is 15.4. The van der Waals surface area contributed by atoms with Gasteiger partial charge in [0.2, 0.25) is 5.91 Å². The molecule has 7 nitrogen and oxygen atoms in total. The summed E-state index contributed by atoms with van der Waals surface area (Å²) in [5, 5.41) is 17.1. The third-order valence-electron chi connectivity index (χ3n) is 5.80. The lowest BCUT2D eigenvalue weighted by atomic mass is 10.0. The van der Waals surface area contributed by atoms with Crippen LogP contribution in [-0.2, 0) is 22.5 Å². The number of nitrogens with zero attached hydrogens (tertiary/aromatic N) is 4. The SMILES string of the molecule is Cc1nn(CCC#N)c(C)c1CCC(=O)NC[C@H](c1ccc(Cl)cc1)N1CCOCC1. The predicted molar refractivity (Wildman–Crippen MR) is 120 cm³/mol. The van der Waals surface area contributed by atoms with Gasteiger partial charge in [0, 0.05) is 36.8 Å². The minimum atomic E-state index is 0.0239. The van der Waals surface area contributed by atoms with Crippen molar-refractivity contribution in [3.63, 3.8) is 0 Å². The molecule has 166 valence electrons. The van der Waals surface area contributed by atoms with Gasteiger partial charge in [-0.25, -0.2) is 0 Å². The quantitative estimate of drug-likeness (QED) is 0.643. The lowest BCUT2D eigenvalue weighted by Gasteiger charge is -2.35. The number of hydrogen-bond acceptors (Lipinski definition) is 5. The van der Waals surface area contributed by atoms with E-state index >= 15 is 0 Å². The van der Waals surface area contributed by atoms with Gasteiger partial charge in [0.15, 0.2) is 0 Å². The number of morpholine rings is 1. The molecular weight excluding hydrogens is 414 g/mol. The lowest BCUT2D eigenvalue weighted by Crippen LogP contribution is -2.43. The minimum absolute atomic E-state index is 0.0239. The molecule has 1 aliphatic rings. The molecule has 0 unspecified atom stereocenters. The zero-order chi connectivity index (χ0) is 22.2. The smallest absolute Gasteiger partial charge is 0.220 e. The van der Waals surface area contributed by atoms with Crippen LogP contribution >= 0.6 is 11.6 Å². The second-order valence-electron chi connectivity index (χ2n) is 7.80. The third-order valence-corrected chi connectivity index (χ3v) is 6.05. The van der Waals surface area contributed by atoms with Gasteiger partial charge in [-0.2, -0.15) is 10.4 Å². The van der Waals surface area contributed by atoms with E-state index in [2.05, 4.69) is 21.4 Å². The molecule has 0 saturated carbocycles. The Morgan fingerprint density at radius 2 is 2.00 bits per heavy atom. The van der Waals surface area contributed by atoms with Crippen LogP contribution in [0.1, 0.15) is 41.4 Å². The molecule has 1 aromatic heterocycles. The van der Waals surface area contributed by atoms with Crippen LogP contribution in [0.5, 0.6) is 0 Å². The second kappa shape index (κ2) is 11.3. The first-order valence-electron chi connectivity index (χ1n) is 10.7. The largest absolute Gasteiger partial charge is 0.379 e. The molecule has 0 bridgehead atoms. The summed E-state index contributed by atoms with van der Waals surface area (Å²) in [6, 6.07) is 10.1. The lowest BCUT2D eigenvalue weighted by molar-refractivity contribution is -0.121. The van der Waals surface area contributed by atoms with Gasteiger partial charge in [-0.15, -0.1) is 0 Å². The Morgan fingerprint density at radius 3 is 2.68 bits per heavy atom. The van der Waals surface area contributed by atoms with Gasteiger partial charge < -0.3 is 10.1 Å². The van der Waals surface area contributed by atoms with E-state index in [1.165, 1.54) is 0 Å². The van der Waals surface area contributed by atoms with Gasteiger partial charge in [-0.05, 0) is 43.5 Å². The maximum atomic E-state index is 12.6. The fourth-order valence-corrected chi connectivity index (χ4v) is 4.16. The minimum Gasteiger partial charge on any atom is -0.379 e. The number of carbonyl (C=O) groups is 1. The Hall–Kier alpha value is -2.40. The molecule has 1 N–H and O–H groups in total. The van der Waals surface area contributed by atoms with E-state index in [1.807, 2.05) is 42.8 Å². The average molecular weight is 444 g/mol. The van der Waals surface area contributed by atoms with E-state index in [-0.39, 0.29) is 11.9 Å². The average Bonchev–Trinajstić information content (AvgIpc) is 3.05. The summed E-state index contributed by atoms with van der Waals surface area (Å²) in [6.07, 6.45) is 1.47. The first kappa shape index (κ1) is 23.3. The van der Waals surface area contributed by atoms with Crippen molar-refractivity contribution in [3.8, 4) is 6.07 Å². The van der Waals surface area contributed by atoms with Crippen molar-refractivity contribution >= 4 is 17.5 Å². The zero-order valence-corrected chi connectivity index (χ0v) is 19.0. The second-order valence-corrected chi connectivity index (χ2v) is 8.24. The number of halogens is 1. The molecule has 0 radical (unpaired) electrons. The number of nitriles is 1. The monoisotopic (exact) mass is 443 g/mol. The van der Waals surface area contributed by atoms with E-state index in [0.29, 0.717) is 50.6 Å². The molecule has 1 saturated heterocycles. The standard InChI is InChI=1S/C23H30ClN5O2/c1-17-21(18(2)29(27-17)11-3-10-25)8-9-23(30)26-16-22(28-12-14-31-15-13-28)19-4-6-20(24)7-5-19/h4-7,22H,3,8-9,11-16H2,1-2H3,(H,26,30)/t22-/m1/s1. The van der Waals surface area contributed by atoms with Crippen LogP contribution in [0.4, 0.5) is 0 Å². The Kier molecular flexibility index (Phi) is 8.47. The summed E-state index contributed by atoms with van der Waals surface area (Å²) in [4.78, 5) is 15.0. The maximum absolute atomic E-state index is 12.6. The number of benzene rings is 1. The zero-order valence-electron chi connectivity index (χ0n) is 18.2. The van der Waals surface area contributed by atoms with Gasteiger partial charge in [0.05, 0.1) is 44.0 Å². The Bertz CT molecular complexity index is 913. The Balaban J connectivity index is 1.59. The molecule has 2 heterocycles. The van der Waals surface area contributed by atoms with Crippen molar-refractivity contribution in [2.24, 2.45) is 0 Å². The fourth-order valence-electron chi connectivity index (χ4n) is 4.04. The van der Waals surface area contributed by atoms with Crippen molar-refractivity contribution in [1.29, 1.82) is 5.26 Å². The van der Waals surface area contributed by atoms with Gasteiger partial charge in [-0.1, -0.05) is 23.7 Å². The van der Waals surface area contributed by atoms with Crippen LogP contribution in [0.25, 0.3) is 0 Å². The van der Waals surface area contributed by atoms with Crippen molar-refractivity contribution in [2.45, 2.75) is 45.7 Å². The van der Waals surface area contributed by atoms with Crippen LogP contribution in [0.2, 0.25) is 5.02 Å². The molecule has 8 heteroatoms. The Labute approximate surface area is 188 Å². The molecule has 0 spiro atoms. The molecular formula is C23H30ClN5O2. The van der Waals surface area contributed by atoms with E-state index in [1.54, 1.807) is 0 Å². The summed E-state index contributed by atoms with van der Waals surface area (Å²) >= 11 is 6.06. The van der Waals surface area contributed by atoms with Gasteiger partial charge in [-0.3, -0.25) is 14.4 Å². The number of carbonyl (C=O) groups excluding carboxylic acids is 1. The van der Waals surface area contributed by atoms with Crippen molar-refractivity contribution in [3.05, 3.63) is 51.8 Å². The molecule has 1 aromatic carbocycles. The maximum Gasteiger partial charge on any atom is 0.220 e. The summed E-state index contributed by atoms with van der Waals surface area (Å²) in [6.45, 7) is 8.15. The number of hydrogen-bond donors (Lipinski definition) is 1. The number of rotatable bonds is 9. The summed E-state index contributed by atoms with van der Waals surface area (Å²) < 4.78 is 7.35. The number of ether oxygens (including phenoxy) is 1. The Morgan fingerprint density at radius 1 is 1.29 bits per heavy atom. The number of nitrogens with one attached hydrogen (secondary N) is 1. The molecule has 1 atom stereocenters. The van der Waals surface area contributed by atoms with Crippen LogP contribution in [0.3, 0.4) is 0 Å². The molecule has 1 fully saturated rings. The fraction of sp³-hybridized carbons (Fsp3) is 0.522. The highest BCUT2D eigenvalue weighted by Crippen LogP contribution is 2.23. The number of aromatic nitrogens is 2. The molecule has 1 amide bonds. The molecule has 31 heavy (non-hydrogen) atoms. The number of amides is 1. The number of aryl methyl sites for hydroxylation is 2. The van der Waals surface area contributed by atoms with Gasteiger partial charge in [0.25, 0.3) is 0 Å². The van der Waals surface area contributed by atoms with E-state index in [9.17, 15) is 4.79 Å². The van der Waals surface area contributed by atoms with Crippen LogP contribution in [0.15, 0.2) is 24.3 Å². The predicted octanol–water partition coefficient (Wildman–Crippen LogP) is 3.19. The van der Waals surface area contributed by atoms with Crippen molar-refractivity contribution < 1.29 is 9.53 Å². The van der Waals surface area contributed by atoms with E-state index < -0.39 is 0 Å². The highest BCUT2D eigenvalue weighted by molar-refractivity contribution is 6.30. The molecule has 0 aliphatic carbocycles. The molecule has 3 rings (SSSR count). The third kappa shape index (κ3) is 6.30. The highest BCUT2D eigenvalue weighted by atomic mass is 35.5. The summed E-state index contributed by atoms with van der Waals surface area (Å²) in [5.41, 5.74) is 4.19. The van der Waals surface area contributed by atoms with Crippen molar-refractivity contribution in [2.75, 3.05) is 32.8 Å². The van der Waals surface area contributed by atoms with Crippen LogP contribution < -0.4 is 5.32 Å². The first-order chi connectivity index (χ1) is 15.0. The van der Waals surface area contributed by atoms with Crippen molar-refractivity contribution in [1.82, 2.24) is 20.0 Å². The van der Waals surface area contributed by atoms with Gasteiger partial charge in [0.1, 0.15) is 0 Å². The summed E-state index contributed by atoms with van der Waals surface area (Å²) in [7, 11) is 0. The highest BCUT2D eigenvalue weighted by Gasteiger charge is 2.23. The van der Waals surface area contributed by atoms with Gasteiger partial charge >= 0.3 is 0 Å². The first-order valence-corrected chi connectivity index (χ1v) is 11.1. The summed E-state index contributed by atoms with van der Waals surface area (Å²) in [5.74, 6) is 0.0239. The van der Waals surface area contributed by atoms with Crippen LogP contribution in [0, 0.1) is 25.2 Å². The topological polar surface area (TPSA) is 83.2 Å². The molecule has 2 aromatic rings. The van der Waals surface area contributed by atoms with E-state index in [0.717, 1.165) is 35.6 Å².